The van der Waals surface area contributed by atoms with Crippen molar-refractivity contribution < 1.29 is 4.74 Å². The van der Waals surface area contributed by atoms with Crippen LogP contribution in [0.3, 0.4) is 0 Å². The zero-order valence-electron chi connectivity index (χ0n) is 13.1. The third kappa shape index (κ3) is 4.94. The fraction of sp³-hybridized carbons (Fsp3) is 0.933. The zero-order chi connectivity index (χ0) is 14.3. The van der Waals surface area contributed by atoms with E-state index < -0.39 is 0 Å². The number of aliphatic imine (C=N–C) groups is 1. The Kier molecular flexibility index (Phi) is 6.10. The molecule has 2 rings (SSSR count). The van der Waals surface area contributed by atoms with Crippen molar-refractivity contribution in [3.8, 4) is 0 Å². The van der Waals surface area contributed by atoms with Crippen LogP contribution >= 0.6 is 0 Å². The number of guanidine groups is 1. The minimum Gasteiger partial charge on any atom is -0.380 e. The van der Waals surface area contributed by atoms with Gasteiger partial charge in [-0.15, -0.1) is 0 Å². The van der Waals surface area contributed by atoms with Gasteiger partial charge < -0.3 is 20.3 Å². The quantitative estimate of drug-likeness (QED) is 0.565. The highest BCUT2D eigenvalue weighted by Gasteiger charge is 2.33. The summed E-state index contributed by atoms with van der Waals surface area (Å²) in [5.41, 5.74) is 0.245. The van der Waals surface area contributed by atoms with Crippen LogP contribution in [0.25, 0.3) is 0 Å². The molecule has 2 aliphatic rings. The van der Waals surface area contributed by atoms with Gasteiger partial charge in [0.2, 0.25) is 0 Å². The maximum atomic E-state index is 5.27. The number of piperidine rings is 1. The number of nitrogens with one attached hydrogen (secondary N) is 2. The zero-order valence-corrected chi connectivity index (χ0v) is 13.1. The van der Waals surface area contributed by atoms with Gasteiger partial charge in [-0.2, -0.15) is 0 Å². The van der Waals surface area contributed by atoms with Crippen molar-refractivity contribution in [1.29, 1.82) is 0 Å². The second-order valence-electron chi connectivity index (χ2n) is 6.33. The van der Waals surface area contributed by atoms with E-state index in [0.717, 1.165) is 45.4 Å². The monoisotopic (exact) mass is 282 g/mol. The van der Waals surface area contributed by atoms with Gasteiger partial charge in [0.05, 0.1) is 19.8 Å². The van der Waals surface area contributed by atoms with Crippen LogP contribution in [0.15, 0.2) is 4.99 Å². The molecular formula is C15H30N4O. The van der Waals surface area contributed by atoms with Crippen molar-refractivity contribution in [2.75, 3.05) is 52.5 Å². The van der Waals surface area contributed by atoms with E-state index in [0.29, 0.717) is 0 Å². The average Bonchev–Trinajstić information content (AvgIpc) is 2.44. The first kappa shape index (κ1) is 15.6. The first-order valence-electron chi connectivity index (χ1n) is 8.04. The molecule has 5 heteroatoms. The van der Waals surface area contributed by atoms with Crippen LogP contribution < -0.4 is 10.6 Å². The predicted molar refractivity (Wildman–Crippen MR) is 83.2 cm³/mol. The largest absolute Gasteiger partial charge is 0.380 e. The van der Waals surface area contributed by atoms with Gasteiger partial charge in [-0.25, -0.2) is 0 Å². The van der Waals surface area contributed by atoms with Crippen LogP contribution in [0.2, 0.25) is 0 Å². The summed E-state index contributed by atoms with van der Waals surface area (Å²) in [6.07, 6.45) is 4.10. The molecule has 0 aromatic carbocycles. The summed E-state index contributed by atoms with van der Waals surface area (Å²) in [5.74, 6) is 0.942. The SMILES string of the molecule is CCNC(=NCC1(C)COC1)NCCN1CCCCC1. The normalized spacial score (nSPS) is 23.2. The summed E-state index contributed by atoms with van der Waals surface area (Å²) in [4.78, 5) is 7.23. The Balaban J connectivity index is 1.69. The average molecular weight is 282 g/mol. The molecule has 2 heterocycles. The van der Waals surface area contributed by atoms with Crippen molar-refractivity contribution in [1.82, 2.24) is 15.5 Å². The van der Waals surface area contributed by atoms with E-state index in [1.807, 2.05) is 0 Å². The summed E-state index contributed by atoms with van der Waals surface area (Å²) in [7, 11) is 0. The maximum Gasteiger partial charge on any atom is 0.191 e. The highest BCUT2D eigenvalue weighted by Crippen LogP contribution is 2.26. The van der Waals surface area contributed by atoms with Crippen LogP contribution in [-0.2, 0) is 4.74 Å². The van der Waals surface area contributed by atoms with Crippen LogP contribution in [0.1, 0.15) is 33.1 Å². The molecule has 0 atom stereocenters. The number of rotatable bonds is 6. The standard InChI is InChI=1S/C15H30N4O/c1-3-16-14(18-11-15(2)12-20-13-15)17-7-10-19-8-5-4-6-9-19/h3-13H2,1-2H3,(H2,16,17,18). The Morgan fingerprint density at radius 3 is 2.55 bits per heavy atom. The molecule has 2 fully saturated rings. The van der Waals surface area contributed by atoms with Crippen molar-refractivity contribution >= 4 is 5.96 Å². The number of hydrogen-bond donors (Lipinski definition) is 2. The van der Waals surface area contributed by atoms with Crippen LogP contribution in [0.4, 0.5) is 0 Å². The predicted octanol–water partition coefficient (Wildman–Crippen LogP) is 1.06. The van der Waals surface area contributed by atoms with Gasteiger partial charge in [0.25, 0.3) is 0 Å². The second-order valence-corrected chi connectivity index (χ2v) is 6.33. The second kappa shape index (κ2) is 7.84. The summed E-state index contributed by atoms with van der Waals surface area (Å²) in [6.45, 7) is 12.4. The van der Waals surface area contributed by atoms with E-state index in [4.69, 9.17) is 4.74 Å². The Morgan fingerprint density at radius 2 is 1.95 bits per heavy atom. The lowest BCUT2D eigenvalue weighted by atomic mass is 9.89. The third-order valence-corrected chi connectivity index (χ3v) is 4.03. The molecule has 2 saturated heterocycles. The maximum absolute atomic E-state index is 5.27. The van der Waals surface area contributed by atoms with Gasteiger partial charge in [0.15, 0.2) is 5.96 Å². The number of ether oxygens (including phenoxy) is 1. The van der Waals surface area contributed by atoms with Gasteiger partial charge in [0.1, 0.15) is 0 Å². The minimum absolute atomic E-state index is 0.245. The Morgan fingerprint density at radius 1 is 1.20 bits per heavy atom. The van der Waals surface area contributed by atoms with Crippen LogP contribution in [0, 0.1) is 5.41 Å². The van der Waals surface area contributed by atoms with Gasteiger partial charge in [-0.05, 0) is 32.9 Å². The summed E-state index contributed by atoms with van der Waals surface area (Å²) < 4.78 is 5.27. The van der Waals surface area contributed by atoms with E-state index in [1.54, 1.807) is 0 Å². The fourth-order valence-electron chi connectivity index (χ4n) is 2.67. The Hall–Kier alpha value is -0.810. The van der Waals surface area contributed by atoms with E-state index in [1.165, 1.54) is 32.4 Å². The molecule has 20 heavy (non-hydrogen) atoms. The van der Waals surface area contributed by atoms with Gasteiger partial charge >= 0.3 is 0 Å². The molecule has 0 aromatic rings. The highest BCUT2D eigenvalue weighted by atomic mass is 16.5. The number of nitrogens with zero attached hydrogens (tertiary/aromatic N) is 2. The first-order valence-corrected chi connectivity index (χ1v) is 8.04. The summed E-state index contributed by atoms with van der Waals surface area (Å²) in [5, 5.41) is 6.77. The van der Waals surface area contributed by atoms with Crippen molar-refractivity contribution in [3.05, 3.63) is 0 Å². The lowest BCUT2D eigenvalue weighted by Crippen LogP contribution is -2.45. The van der Waals surface area contributed by atoms with Gasteiger partial charge in [0, 0.05) is 25.0 Å². The molecule has 0 aliphatic carbocycles. The lowest BCUT2D eigenvalue weighted by Gasteiger charge is -2.36. The molecule has 0 aromatic heterocycles. The molecule has 0 saturated carbocycles. The van der Waals surface area contributed by atoms with E-state index in [2.05, 4.69) is 34.4 Å². The molecule has 2 aliphatic heterocycles. The topological polar surface area (TPSA) is 48.9 Å². The highest BCUT2D eigenvalue weighted by molar-refractivity contribution is 5.79. The molecule has 0 spiro atoms. The van der Waals surface area contributed by atoms with Crippen molar-refractivity contribution in [2.45, 2.75) is 33.1 Å². The smallest absolute Gasteiger partial charge is 0.191 e. The minimum atomic E-state index is 0.245. The van der Waals surface area contributed by atoms with Crippen LogP contribution in [0.5, 0.6) is 0 Å². The van der Waals surface area contributed by atoms with Gasteiger partial charge in [-0.3, -0.25) is 4.99 Å². The van der Waals surface area contributed by atoms with E-state index in [9.17, 15) is 0 Å². The van der Waals surface area contributed by atoms with Crippen molar-refractivity contribution in [2.24, 2.45) is 10.4 Å². The Labute approximate surface area is 123 Å². The Bertz CT molecular complexity index is 309. The summed E-state index contributed by atoms with van der Waals surface area (Å²) in [6, 6.07) is 0. The molecule has 0 radical (unpaired) electrons. The fourth-order valence-corrected chi connectivity index (χ4v) is 2.67. The first-order chi connectivity index (χ1) is 9.72. The van der Waals surface area contributed by atoms with Crippen molar-refractivity contribution in [3.63, 3.8) is 0 Å². The lowest BCUT2D eigenvalue weighted by molar-refractivity contribution is -0.0945. The van der Waals surface area contributed by atoms with E-state index in [-0.39, 0.29) is 5.41 Å². The molecule has 0 amide bonds. The molecule has 5 nitrogen and oxygen atoms in total. The number of hydrogen-bond acceptors (Lipinski definition) is 3. The molecule has 0 bridgehead atoms. The third-order valence-electron chi connectivity index (χ3n) is 4.03. The molecule has 116 valence electrons. The molecular weight excluding hydrogens is 252 g/mol. The van der Waals surface area contributed by atoms with Gasteiger partial charge in [-0.1, -0.05) is 13.3 Å². The van der Waals surface area contributed by atoms with E-state index >= 15 is 0 Å². The molecule has 0 unspecified atom stereocenters. The number of likely N-dealkylation sites (tertiary alicyclic amines) is 1. The molecule has 2 N–H and O–H groups in total. The summed E-state index contributed by atoms with van der Waals surface area (Å²) >= 11 is 0. The van der Waals surface area contributed by atoms with Crippen LogP contribution in [-0.4, -0.2) is 63.3 Å².